The summed E-state index contributed by atoms with van der Waals surface area (Å²) in [6.45, 7) is 2.79. The molecule has 37 heavy (non-hydrogen) atoms. The van der Waals surface area contributed by atoms with Crippen LogP contribution in [0.1, 0.15) is 6.42 Å². The van der Waals surface area contributed by atoms with Crippen molar-refractivity contribution in [2.75, 3.05) is 70.1 Å². The number of carbonyl (C=O) groups is 1. The lowest BCUT2D eigenvalue weighted by Gasteiger charge is -2.11. The molecule has 204 valence electrons. The Bertz CT molecular complexity index is 982. The molecule has 0 spiro atoms. The van der Waals surface area contributed by atoms with E-state index >= 15 is 0 Å². The van der Waals surface area contributed by atoms with Gasteiger partial charge in [-0.25, -0.2) is 10.2 Å². The zero-order valence-electron chi connectivity index (χ0n) is 19.9. The van der Waals surface area contributed by atoms with Crippen LogP contribution in [-0.4, -0.2) is 85.2 Å². The Morgan fingerprint density at radius 2 is 1.46 bits per heavy atom. The number of anilines is 2. The third-order valence-electron chi connectivity index (χ3n) is 4.50. The van der Waals surface area contributed by atoms with Crippen molar-refractivity contribution >= 4 is 23.0 Å². The first-order valence-corrected chi connectivity index (χ1v) is 11.1. The van der Waals surface area contributed by atoms with Crippen LogP contribution < -0.4 is 15.6 Å². The molecule has 1 aromatic carbocycles. The van der Waals surface area contributed by atoms with Crippen LogP contribution >= 0.6 is 0 Å². The van der Waals surface area contributed by atoms with Gasteiger partial charge in [-0.1, -0.05) is 0 Å². The van der Waals surface area contributed by atoms with Crippen molar-refractivity contribution in [2.45, 2.75) is 6.42 Å². The summed E-state index contributed by atoms with van der Waals surface area (Å²) in [6.07, 6.45) is -0.0719. The molecule has 0 saturated heterocycles. The van der Waals surface area contributed by atoms with Crippen LogP contribution in [0.5, 0.6) is 11.8 Å². The number of aromatic nitrogens is 1. The van der Waals surface area contributed by atoms with E-state index in [9.17, 15) is 30.0 Å². The minimum atomic E-state index is -0.683. The number of non-ortho nitro benzene ring substituents is 1. The molecule has 0 amide bonds. The highest BCUT2D eigenvalue weighted by Gasteiger charge is 2.12. The Labute approximate surface area is 211 Å². The number of nitro groups is 1. The average molecular weight is 527 g/mol. The van der Waals surface area contributed by atoms with Gasteiger partial charge in [0.2, 0.25) is 11.8 Å². The highest BCUT2D eigenvalue weighted by molar-refractivity contribution is 5.71. The van der Waals surface area contributed by atoms with Crippen LogP contribution in [0.25, 0.3) is 0 Å². The normalized spacial score (nSPS) is 10.7. The Balaban J connectivity index is 1.40. The zero-order valence-corrected chi connectivity index (χ0v) is 19.9. The van der Waals surface area contributed by atoms with Crippen molar-refractivity contribution in [1.29, 1.82) is 0 Å². The third kappa shape index (κ3) is 11.1. The lowest BCUT2D eigenvalue weighted by molar-refractivity contribution is -0.384. The maximum Gasteiger partial charge on any atom is 0.335 e. The number of hydrogen-bond donors (Lipinski definition) is 4. The summed E-state index contributed by atoms with van der Waals surface area (Å²) in [6, 6.07) is 6.35. The van der Waals surface area contributed by atoms with Gasteiger partial charge in [-0.15, -0.1) is 9.64 Å². The third-order valence-corrected chi connectivity index (χ3v) is 4.50. The van der Waals surface area contributed by atoms with E-state index in [0.717, 1.165) is 0 Å². The smallest absolute Gasteiger partial charge is 0.335 e. The van der Waals surface area contributed by atoms with Crippen LogP contribution in [0.4, 0.5) is 17.1 Å². The molecule has 0 aliphatic rings. The van der Waals surface area contributed by atoms with Crippen LogP contribution in [0.3, 0.4) is 0 Å². The molecular weight excluding hydrogens is 498 g/mol. The first-order chi connectivity index (χ1) is 17.9. The Morgan fingerprint density at radius 1 is 0.892 bits per heavy atom. The summed E-state index contributed by atoms with van der Waals surface area (Å²) in [7, 11) is 0. The van der Waals surface area contributed by atoms with Gasteiger partial charge in [0.25, 0.3) is 5.69 Å². The number of nitrogens with one attached hydrogen (secondary N) is 2. The topological polar surface area (TPSA) is 205 Å². The van der Waals surface area contributed by atoms with Gasteiger partial charge in [-0.3, -0.25) is 10.1 Å². The number of benzene rings is 1. The van der Waals surface area contributed by atoms with Crippen LogP contribution in [0.2, 0.25) is 0 Å². The van der Waals surface area contributed by atoms with Gasteiger partial charge in [0.15, 0.2) is 0 Å². The van der Waals surface area contributed by atoms with Gasteiger partial charge in [0, 0.05) is 30.8 Å². The van der Waals surface area contributed by atoms with E-state index in [1.54, 1.807) is 0 Å². The molecule has 2 rings (SSSR count). The fraction of sp³-hybridized carbons (Fsp3) is 0.476. The molecule has 0 bridgehead atoms. The molecule has 0 radical (unpaired) electrons. The standard InChI is InChI=1S/C21H29N5O11/c27-19-3-4-20(28)25(19)37-21(29)5-7-33-9-11-35-13-14-36-12-10-34-8-6-22-17-2-1-16(26(31)32)15-18(17)23-24-30/h1-4,15,22,27-28H,5-14H2,(H,23,30). The second-order valence-corrected chi connectivity index (χ2v) is 7.12. The maximum absolute atomic E-state index is 11.6. The number of ether oxygens (including phenoxy) is 4. The largest absolute Gasteiger partial charge is 0.492 e. The van der Waals surface area contributed by atoms with Crippen molar-refractivity contribution in [3.05, 3.63) is 45.4 Å². The number of hydrogen-bond acceptors (Lipinski definition) is 13. The van der Waals surface area contributed by atoms with Gasteiger partial charge in [-0.05, 0) is 6.07 Å². The van der Waals surface area contributed by atoms with Gasteiger partial charge < -0.3 is 39.3 Å². The summed E-state index contributed by atoms with van der Waals surface area (Å²) in [5, 5.41) is 35.1. The van der Waals surface area contributed by atoms with Crippen molar-refractivity contribution < 1.29 is 43.7 Å². The summed E-state index contributed by atoms with van der Waals surface area (Å²) in [5.41, 5.74) is 2.67. The van der Waals surface area contributed by atoms with Gasteiger partial charge >= 0.3 is 5.97 Å². The molecule has 1 aromatic heterocycles. The van der Waals surface area contributed by atoms with Crippen molar-refractivity contribution in [3.63, 3.8) is 0 Å². The Kier molecular flexibility index (Phi) is 13.2. The predicted molar refractivity (Wildman–Crippen MR) is 128 cm³/mol. The minimum absolute atomic E-state index is 0.0719. The lowest BCUT2D eigenvalue weighted by atomic mass is 10.2. The fourth-order valence-corrected chi connectivity index (χ4v) is 2.76. The van der Waals surface area contributed by atoms with E-state index in [2.05, 4.69) is 16.0 Å². The lowest BCUT2D eigenvalue weighted by Crippen LogP contribution is -2.20. The minimum Gasteiger partial charge on any atom is -0.492 e. The zero-order chi connectivity index (χ0) is 26.9. The number of rotatable bonds is 20. The molecule has 1 heterocycles. The molecule has 0 unspecified atom stereocenters. The van der Waals surface area contributed by atoms with Gasteiger partial charge in [0.05, 0.1) is 80.9 Å². The molecule has 0 aliphatic heterocycles. The Hall–Kier alpha value is -3.99. The first-order valence-electron chi connectivity index (χ1n) is 11.1. The molecule has 4 N–H and O–H groups in total. The van der Waals surface area contributed by atoms with E-state index in [-0.39, 0.29) is 31.0 Å². The molecular formula is C21H29N5O11. The van der Waals surface area contributed by atoms with E-state index in [1.165, 1.54) is 30.3 Å². The number of carbonyl (C=O) groups excluding carboxylic acids is 1. The van der Waals surface area contributed by atoms with Gasteiger partial charge in [-0.2, -0.15) is 0 Å². The second kappa shape index (κ2) is 16.6. The molecule has 0 saturated carbocycles. The number of aromatic hydroxyl groups is 2. The molecule has 0 aliphatic carbocycles. The quantitative estimate of drug-likeness (QED) is 0.0833. The average Bonchev–Trinajstić information content (AvgIpc) is 3.19. The number of nitro benzene ring substituents is 1. The predicted octanol–water partition coefficient (Wildman–Crippen LogP) is 1.42. The van der Waals surface area contributed by atoms with Crippen molar-refractivity contribution in [3.8, 4) is 11.8 Å². The molecule has 2 aromatic rings. The molecule has 0 fully saturated rings. The van der Waals surface area contributed by atoms with E-state index < -0.39 is 22.7 Å². The molecule has 16 heteroatoms. The summed E-state index contributed by atoms with van der Waals surface area (Å²) in [5.74, 6) is -1.48. The monoisotopic (exact) mass is 527 g/mol. The van der Waals surface area contributed by atoms with E-state index in [0.29, 0.717) is 56.6 Å². The van der Waals surface area contributed by atoms with E-state index in [4.69, 9.17) is 23.8 Å². The van der Waals surface area contributed by atoms with Crippen LogP contribution in [0, 0.1) is 15.0 Å². The highest BCUT2D eigenvalue weighted by atomic mass is 16.7. The number of nitrogens with zero attached hydrogens (tertiary/aromatic N) is 3. The fourth-order valence-electron chi connectivity index (χ4n) is 2.76. The number of nitroso groups, excluding NO2 is 1. The summed E-state index contributed by atoms with van der Waals surface area (Å²) >= 11 is 0. The van der Waals surface area contributed by atoms with Crippen LogP contribution in [-0.2, 0) is 23.7 Å². The molecule has 0 atom stereocenters. The summed E-state index contributed by atoms with van der Waals surface area (Å²) in [4.78, 5) is 37.1. The summed E-state index contributed by atoms with van der Waals surface area (Å²) < 4.78 is 22.0. The highest BCUT2D eigenvalue weighted by Crippen LogP contribution is 2.27. The Morgan fingerprint density at radius 3 is 2.03 bits per heavy atom. The van der Waals surface area contributed by atoms with Crippen molar-refractivity contribution in [2.24, 2.45) is 5.29 Å². The SMILES string of the molecule is O=NNc1cc([N+](=O)[O-])ccc1NCCOCCOCCOCCOCCC(=O)On1c(O)ccc1O. The van der Waals surface area contributed by atoms with E-state index in [1.807, 2.05) is 0 Å². The van der Waals surface area contributed by atoms with Crippen molar-refractivity contribution in [1.82, 2.24) is 4.73 Å². The maximum atomic E-state index is 11.6. The van der Waals surface area contributed by atoms with Crippen LogP contribution in [0.15, 0.2) is 35.6 Å². The van der Waals surface area contributed by atoms with Gasteiger partial charge in [0.1, 0.15) is 0 Å². The first kappa shape index (κ1) is 29.2. The molecule has 16 nitrogen and oxygen atoms in total. The second-order valence-electron chi connectivity index (χ2n) is 7.12.